The average molecular weight is 287 g/mol. The van der Waals surface area contributed by atoms with Gasteiger partial charge in [0, 0.05) is 23.5 Å². The number of hydrogen-bond donors (Lipinski definition) is 0. The smallest absolute Gasteiger partial charge is 0.187 e. The van der Waals surface area contributed by atoms with Gasteiger partial charge >= 0.3 is 0 Å². The summed E-state index contributed by atoms with van der Waals surface area (Å²) in [5.41, 5.74) is 0.490. The maximum absolute atomic E-state index is 4.24. The van der Waals surface area contributed by atoms with Crippen molar-refractivity contribution in [2.24, 2.45) is 5.41 Å². The molecule has 2 nitrogen and oxygen atoms in total. The minimum absolute atomic E-state index is 0.490. The van der Waals surface area contributed by atoms with E-state index in [0.717, 1.165) is 16.2 Å². The Labute approximate surface area is 103 Å². The zero-order valence-corrected chi connectivity index (χ0v) is 11.1. The van der Waals surface area contributed by atoms with Crippen LogP contribution in [0.5, 0.6) is 0 Å². The Kier molecular flexibility index (Phi) is 4.03. The van der Waals surface area contributed by atoms with Crippen LogP contribution in [0.25, 0.3) is 0 Å². The molecule has 0 N–H and O–H groups in total. The van der Waals surface area contributed by atoms with Crippen LogP contribution >= 0.6 is 27.7 Å². The van der Waals surface area contributed by atoms with Crippen molar-refractivity contribution in [3.8, 4) is 0 Å². The van der Waals surface area contributed by atoms with E-state index in [1.54, 1.807) is 11.8 Å². The van der Waals surface area contributed by atoms with Crippen molar-refractivity contribution in [1.29, 1.82) is 0 Å². The van der Waals surface area contributed by atoms with Crippen molar-refractivity contribution in [1.82, 2.24) is 9.97 Å². The predicted octanol–water partition coefficient (Wildman–Crippen LogP) is 3.52. The van der Waals surface area contributed by atoms with Gasteiger partial charge in [-0.05, 0) is 24.3 Å². The van der Waals surface area contributed by atoms with Crippen LogP contribution in [0.3, 0.4) is 0 Å². The number of halogens is 1. The fraction of sp³-hybridized carbons (Fsp3) is 0.636. The molecular weight excluding hydrogens is 272 g/mol. The Bertz CT molecular complexity index is 299. The van der Waals surface area contributed by atoms with E-state index in [0.29, 0.717) is 5.41 Å². The maximum Gasteiger partial charge on any atom is 0.187 e. The normalized spacial score (nSPS) is 19.3. The fourth-order valence-corrected chi connectivity index (χ4v) is 4.14. The fourth-order valence-electron chi connectivity index (χ4n) is 2.02. The summed E-state index contributed by atoms with van der Waals surface area (Å²) in [6.07, 6.45) is 9.06. The molecule has 1 aliphatic carbocycles. The number of thioether (sulfide) groups is 1. The molecule has 0 spiro atoms. The zero-order chi connectivity index (χ0) is 10.6. The quantitative estimate of drug-likeness (QED) is 0.481. The van der Waals surface area contributed by atoms with Crippen molar-refractivity contribution in [2.45, 2.75) is 30.8 Å². The van der Waals surface area contributed by atoms with E-state index >= 15 is 0 Å². The van der Waals surface area contributed by atoms with Crippen LogP contribution < -0.4 is 0 Å². The molecule has 1 aromatic rings. The van der Waals surface area contributed by atoms with Gasteiger partial charge < -0.3 is 0 Å². The molecule has 1 heterocycles. The average Bonchev–Trinajstić information content (AvgIpc) is 2.77. The number of nitrogens with zero attached hydrogens (tertiary/aromatic N) is 2. The van der Waals surface area contributed by atoms with Gasteiger partial charge in [-0.15, -0.1) is 0 Å². The van der Waals surface area contributed by atoms with Crippen molar-refractivity contribution in [2.75, 3.05) is 11.1 Å². The molecule has 0 bridgehead atoms. The monoisotopic (exact) mass is 286 g/mol. The highest BCUT2D eigenvalue weighted by atomic mass is 79.9. The third kappa shape index (κ3) is 2.94. The van der Waals surface area contributed by atoms with E-state index in [9.17, 15) is 0 Å². The molecule has 1 aliphatic rings. The molecule has 0 aromatic carbocycles. The Morgan fingerprint density at radius 2 is 1.93 bits per heavy atom. The molecule has 0 unspecified atom stereocenters. The Morgan fingerprint density at radius 1 is 1.27 bits per heavy atom. The van der Waals surface area contributed by atoms with Crippen LogP contribution in [0.4, 0.5) is 0 Å². The van der Waals surface area contributed by atoms with Crippen LogP contribution in [0.1, 0.15) is 25.7 Å². The lowest BCUT2D eigenvalue weighted by molar-refractivity contribution is 0.405. The molecule has 1 saturated carbocycles. The molecule has 0 aliphatic heterocycles. The molecule has 0 atom stereocenters. The van der Waals surface area contributed by atoms with Crippen molar-refractivity contribution < 1.29 is 0 Å². The molecule has 2 rings (SSSR count). The van der Waals surface area contributed by atoms with Crippen LogP contribution in [0, 0.1) is 5.41 Å². The first kappa shape index (κ1) is 11.4. The van der Waals surface area contributed by atoms with Gasteiger partial charge in [-0.3, -0.25) is 0 Å². The number of hydrogen-bond acceptors (Lipinski definition) is 3. The Hall–Kier alpha value is -0.0900. The largest absolute Gasteiger partial charge is 0.231 e. The second-order valence-electron chi connectivity index (χ2n) is 4.16. The molecule has 82 valence electrons. The zero-order valence-electron chi connectivity index (χ0n) is 8.66. The lowest BCUT2D eigenvalue weighted by atomic mass is 9.92. The summed E-state index contributed by atoms with van der Waals surface area (Å²) in [6.45, 7) is 0. The molecule has 0 radical (unpaired) electrons. The summed E-state index contributed by atoms with van der Waals surface area (Å²) in [4.78, 5) is 8.48. The first-order valence-corrected chi connectivity index (χ1v) is 7.41. The highest BCUT2D eigenvalue weighted by molar-refractivity contribution is 9.09. The second-order valence-corrected chi connectivity index (χ2v) is 5.66. The van der Waals surface area contributed by atoms with Gasteiger partial charge in [0.15, 0.2) is 5.16 Å². The van der Waals surface area contributed by atoms with Crippen LogP contribution in [0.2, 0.25) is 0 Å². The van der Waals surface area contributed by atoms with Crippen molar-refractivity contribution in [3.63, 3.8) is 0 Å². The molecule has 1 fully saturated rings. The third-order valence-corrected chi connectivity index (χ3v) is 5.41. The number of rotatable bonds is 4. The summed E-state index contributed by atoms with van der Waals surface area (Å²) < 4.78 is 0. The van der Waals surface area contributed by atoms with Gasteiger partial charge in [0.1, 0.15) is 0 Å². The topological polar surface area (TPSA) is 25.8 Å². The summed E-state index contributed by atoms with van der Waals surface area (Å²) >= 11 is 5.44. The first-order chi connectivity index (χ1) is 7.35. The van der Waals surface area contributed by atoms with Crippen LogP contribution in [-0.4, -0.2) is 21.1 Å². The summed E-state index contributed by atoms with van der Waals surface area (Å²) in [5.74, 6) is 1.14. The lowest BCUT2D eigenvalue weighted by Crippen LogP contribution is -2.21. The van der Waals surface area contributed by atoms with E-state index < -0.39 is 0 Å². The van der Waals surface area contributed by atoms with Gasteiger partial charge in [0.2, 0.25) is 0 Å². The molecular formula is C11H15BrN2S. The van der Waals surface area contributed by atoms with E-state index in [1.165, 1.54) is 25.7 Å². The summed E-state index contributed by atoms with van der Waals surface area (Å²) in [6, 6.07) is 1.86. The molecule has 0 amide bonds. The van der Waals surface area contributed by atoms with Crippen LogP contribution in [0.15, 0.2) is 23.6 Å². The third-order valence-electron chi connectivity index (χ3n) is 3.00. The van der Waals surface area contributed by atoms with Gasteiger partial charge in [0.05, 0.1) is 0 Å². The van der Waals surface area contributed by atoms with Gasteiger partial charge in [-0.2, -0.15) is 0 Å². The second kappa shape index (κ2) is 5.30. The summed E-state index contributed by atoms with van der Waals surface area (Å²) in [5, 5.41) is 2.02. The van der Waals surface area contributed by atoms with E-state index in [-0.39, 0.29) is 0 Å². The van der Waals surface area contributed by atoms with Gasteiger partial charge in [-0.1, -0.05) is 40.5 Å². The van der Waals surface area contributed by atoms with Crippen molar-refractivity contribution in [3.05, 3.63) is 18.5 Å². The van der Waals surface area contributed by atoms with E-state index in [2.05, 4.69) is 25.9 Å². The highest BCUT2D eigenvalue weighted by Crippen LogP contribution is 2.42. The lowest BCUT2D eigenvalue weighted by Gasteiger charge is -2.25. The minimum atomic E-state index is 0.490. The summed E-state index contributed by atoms with van der Waals surface area (Å²) in [7, 11) is 0. The Morgan fingerprint density at radius 3 is 2.53 bits per heavy atom. The molecule has 4 heteroatoms. The molecule has 0 saturated heterocycles. The standard InChI is InChI=1S/C11H15BrN2S/c12-8-11(4-1-2-5-11)9-15-10-13-6-3-7-14-10/h3,6-7H,1-2,4-5,8-9H2. The van der Waals surface area contributed by atoms with E-state index in [4.69, 9.17) is 0 Å². The SMILES string of the molecule is BrCC1(CSc2ncccn2)CCCC1. The first-order valence-electron chi connectivity index (χ1n) is 5.30. The van der Waals surface area contributed by atoms with Gasteiger partial charge in [0.25, 0.3) is 0 Å². The number of alkyl halides is 1. The Balaban J connectivity index is 1.92. The minimum Gasteiger partial charge on any atom is -0.231 e. The number of aromatic nitrogens is 2. The maximum atomic E-state index is 4.24. The predicted molar refractivity (Wildman–Crippen MR) is 67.5 cm³/mol. The highest BCUT2D eigenvalue weighted by Gasteiger charge is 2.32. The van der Waals surface area contributed by atoms with Crippen LogP contribution in [-0.2, 0) is 0 Å². The van der Waals surface area contributed by atoms with E-state index in [1.807, 2.05) is 18.5 Å². The molecule has 1 aromatic heterocycles. The van der Waals surface area contributed by atoms with Gasteiger partial charge in [-0.25, -0.2) is 9.97 Å². The molecule has 15 heavy (non-hydrogen) atoms. The van der Waals surface area contributed by atoms with Crippen molar-refractivity contribution >= 4 is 27.7 Å².